The third kappa shape index (κ3) is 2.03. The lowest BCUT2D eigenvalue weighted by Crippen LogP contribution is -2.17. The monoisotopic (exact) mass is 227 g/mol. The van der Waals surface area contributed by atoms with Gasteiger partial charge in [0.25, 0.3) is 0 Å². The van der Waals surface area contributed by atoms with E-state index >= 15 is 0 Å². The zero-order valence-corrected chi connectivity index (χ0v) is 9.49. The van der Waals surface area contributed by atoms with Gasteiger partial charge in [-0.1, -0.05) is 30.3 Å². The van der Waals surface area contributed by atoms with Crippen LogP contribution in [-0.2, 0) is 6.42 Å². The number of hydrogen-bond acceptors (Lipinski definition) is 1. The highest BCUT2D eigenvalue weighted by molar-refractivity contribution is 5.54. The van der Waals surface area contributed by atoms with Crippen LogP contribution in [-0.4, -0.2) is 0 Å². The molecule has 0 saturated heterocycles. The maximum Gasteiger partial charge on any atom is 0.123 e. The molecule has 2 aromatic carbocycles. The van der Waals surface area contributed by atoms with E-state index in [2.05, 4.69) is 23.5 Å². The maximum atomic E-state index is 13.2. The topological polar surface area (TPSA) is 12.0 Å². The number of fused-ring (bicyclic) bond motifs is 1. The van der Waals surface area contributed by atoms with Gasteiger partial charge < -0.3 is 5.32 Å². The minimum absolute atomic E-state index is 0.164. The molecule has 3 rings (SSSR count). The van der Waals surface area contributed by atoms with Crippen LogP contribution in [0.4, 0.5) is 10.1 Å². The van der Waals surface area contributed by atoms with Crippen LogP contribution in [0.2, 0.25) is 0 Å². The van der Waals surface area contributed by atoms with Crippen molar-refractivity contribution in [3.63, 3.8) is 0 Å². The molecule has 1 nitrogen and oxygen atoms in total. The summed E-state index contributed by atoms with van der Waals surface area (Å²) in [7, 11) is 0. The van der Waals surface area contributed by atoms with Gasteiger partial charge in [-0.3, -0.25) is 0 Å². The largest absolute Gasteiger partial charge is 0.378 e. The maximum absolute atomic E-state index is 13.2. The molecule has 0 aromatic heterocycles. The molecule has 0 saturated carbocycles. The average molecular weight is 227 g/mol. The highest BCUT2D eigenvalue weighted by atomic mass is 19.1. The Morgan fingerprint density at radius 2 is 1.94 bits per heavy atom. The normalized spacial score (nSPS) is 18.3. The molecule has 0 fully saturated rings. The number of nitrogens with one attached hydrogen (secondary N) is 1. The third-order valence-corrected chi connectivity index (χ3v) is 3.30. The minimum Gasteiger partial charge on any atom is -0.378 e. The zero-order chi connectivity index (χ0) is 11.7. The third-order valence-electron chi connectivity index (χ3n) is 3.30. The first-order valence-electron chi connectivity index (χ1n) is 5.93. The van der Waals surface area contributed by atoms with Gasteiger partial charge in [0, 0.05) is 5.69 Å². The highest BCUT2D eigenvalue weighted by Gasteiger charge is 2.18. The summed E-state index contributed by atoms with van der Waals surface area (Å²) in [5.74, 6) is -0.164. The van der Waals surface area contributed by atoms with Gasteiger partial charge in [0.05, 0.1) is 6.04 Å². The number of hydrogen-bond donors (Lipinski definition) is 1. The number of para-hydroxylation sites is 1. The van der Waals surface area contributed by atoms with Gasteiger partial charge in [-0.25, -0.2) is 4.39 Å². The Morgan fingerprint density at radius 3 is 2.82 bits per heavy atom. The van der Waals surface area contributed by atoms with Crippen molar-refractivity contribution in [2.45, 2.75) is 18.9 Å². The van der Waals surface area contributed by atoms with E-state index in [1.54, 1.807) is 12.1 Å². The first-order valence-corrected chi connectivity index (χ1v) is 5.93. The molecule has 86 valence electrons. The van der Waals surface area contributed by atoms with Crippen LogP contribution >= 0.6 is 0 Å². The van der Waals surface area contributed by atoms with Crippen LogP contribution in [0.1, 0.15) is 23.6 Å². The first-order chi connectivity index (χ1) is 8.33. The van der Waals surface area contributed by atoms with E-state index in [-0.39, 0.29) is 11.9 Å². The summed E-state index contributed by atoms with van der Waals surface area (Å²) in [5, 5.41) is 3.47. The molecule has 0 spiro atoms. The number of rotatable bonds is 1. The summed E-state index contributed by atoms with van der Waals surface area (Å²) >= 11 is 0. The Kier molecular flexibility index (Phi) is 2.56. The Morgan fingerprint density at radius 1 is 1.06 bits per heavy atom. The van der Waals surface area contributed by atoms with Crippen LogP contribution in [0.5, 0.6) is 0 Å². The van der Waals surface area contributed by atoms with Gasteiger partial charge in [0.15, 0.2) is 0 Å². The molecule has 1 N–H and O–H groups in total. The lowest BCUT2D eigenvalue weighted by molar-refractivity contribution is 0.614. The van der Waals surface area contributed by atoms with E-state index in [0.717, 1.165) is 18.4 Å². The highest BCUT2D eigenvalue weighted by Crippen LogP contribution is 2.32. The fourth-order valence-corrected chi connectivity index (χ4v) is 2.41. The number of aryl methyl sites for hydroxylation is 1. The van der Waals surface area contributed by atoms with Gasteiger partial charge in [0.2, 0.25) is 0 Å². The lowest BCUT2D eigenvalue weighted by atomic mass is 9.93. The van der Waals surface area contributed by atoms with Crippen molar-refractivity contribution in [1.29, 1.82) is 0 Å². The van der Waals surface area contributed by atoms with Crippen molar-refractivity contribution in [2.75, 3.05) is 5.32 Å². The van der Waals surface area contributed by atoms with Gasteiger partial charge in [0.1, 0.15) is 5.82 Å². The molecule has 0 unspecified atom stereocenters. The molecule has 1 atom stereocenters. The first kappa shape index (κ1) is 10.3. The summed E-state index contributed by atoms with van der Waals surface area (Å²) in [6, 6.07) is 15.4. The summed E-state index contributed by atoms with van der Waals surface area (Å²) in [6.07, 6.45) is 2.06. The van der Waals surface area contributed by atoms with Crippen molar-refractivity contribution in [3.8, 4) is 0 Å². The predicted molar refractivity (Wildman–Crippen MR) is 67.5 cm³/mol. The summed E-state index contributed by atoms with van der Waals surface area (Å²) in [4.78, 5) is 0. The quantitative estimate of drug-likeness (QED) is 0.778. The molecule has 0 radical (unpaired) electrons. The van der Waals surface area contributed by atoms with Crippen LogP contribution in [0.25, 0.3) is 0 Å². The molecule has 0 aliphatic carbocycles. The zero-order valence-electron chi connectivity index (χ0n) is 9.49. The van der Waals surface area contributed by atoms with Gasteiger partial charge in [-0.2, -0.15) is 0 Å². The smallest absolute Gasteiger partial charge is 0.123 e. The summed E-state index contributed by atoms with van der Waals surface area (Å²) in [6.45, 7) is 0. The van der Waals surface area contributed by atoms with Crippen molar-refractivity contribution in [2.24, 2.45) is 0 Å². The average Bonchev–Trinajstić information content (AvgIpc) is 2.38. The van der Waals surface area contributed by atoms with Gasteiger partial charge in [-0.05, 0) is 42.2 Å². The van der Waals surface area contributed by atoms with Crippen molar-refractivity contribution >= 4 is 5.69 Å². The molecule has 0 bridgehead atoms. The minimum atomic E-state index is -0.164. The second-order valence-electron chi connectivity index (χ2n) is 4.45. The Hall–Kier alpha value is -1.83. The van der Waals surface area contributed by atoms with E-state index in [9.17, 15) is 4.39 Å². The lowest BCUT2D eigenvalue weighted by Gasteiger charge is -2.27. The van der Waals surface area contributed by atoms with Crippen LogP contribution < -0.4 is 5.32 Å². The van der Waals surface area contributed by atoms with Crippen LogP contribution in [0, 0.1) is 5.82 Å². The van der Waals surface area contributed by atoms with Gasteiger partial charge >= 0.3 is 0 Å². The van der Waals surface area contributed by atoms with Gasteiger partial charge in [-0.15, -0.1) is 0 Å². The molecule has 2 aromatic rings. The molecule has 17 heavy (non-hydrogen) atoms. The molecule has 1 aliphatic rings. The van der Waals surface area contributed by atoms with E-state index in [1.165, 1.54) is 17.3 Å². The fraction of sp³-hybridized carbons (Fsp3) is 0.200. The molecular weight excluding hydrogens is 213 g/mol. The second-order valence-corrected chi connectivity index (χ2v) is 4.45. The second kappa shape index (κ2) is 4.21. The number of benzene rings is 2. The van der Waals surface area contributed by atoms with Crippen LogP contribution in [0.3, 0.4) is 0 Å². The Bertz CT molecular complexity index is 536. The standard InChI is InChI=1S/C15H14FN/c16-13-6-3-5-12(10-13)15-9-8-11-4-1-2-7-14(11)17-15/h1-7,10,15,17H,8-9H2/t15-/m0/s1. The summed E-state index contributed by atoms with van der Waals surface area (Å²) in [5.41, 5.74) is 3.55. The number of anilines is 1. The molecule has 1 heterocycles. The Balaban J connectivity index is 1.89. The molecule has 2 heteroatoms. The van der Waals surface area contributed by atoms with Crippen LogP contribution in [0.15, 0.2) is 48.5 Å². The van der Waals surface area contributed by atoms with E-state index in [4.69, 9.17) is 0 Å². The Labute approximate surface area is 100 Å². The molecular formula is C15H14FN. The predicted octanol–water partition coefficient (Wildman–Crippen LogP) is 3.93. The van der Waals surface area contributed by atoms with E-state index < -0.39 is 0 Å². The molecule has 0 amide bonds. The van der Waals surface area contributed by atoms with Crippen molar-refractivity contribution in [3.05, 3.63) is 65.5 Å². The van der Waals surface area contributed by atoms with Crippen molar-refractivity contribution < 1.29 is 4.39 Å². The summed E-state index contributed by atoms with van der Waals surface area (Å²) < 4.78 is 13.2. The fourth-order valence-electron chi connectivity index (χ4n) is 2.41. The van der Waals surface area contributed by atoms with E-state index in [0.29, 0.717) is 0 Å². The molecule has 1 aliphatic heterocycles. The number of halogens is 1. The SMILES string of the molecule is Fc1cccc([C@@H]2CCc3ccccc3N2)c1. The van der Waals surface area contributed by atoms with E-state index in [1.807, 2.05) is 12.1 Å². The van der Waals surface area contributed by atoms with Crippen molar-refractivity contribution in [1.82, 2.24) is 0 Å².